The monoisotopic (exact) mass is 293 g/mol. The van der Waals surface area contributed by atoms with Crippen molar-refractivity contribution in [3.8, 4) is 0 Å². The van der Waals surface area contributed by atoms with Gasteiger partial charge in [-0.1, -0.05) is 13.8 Å². The Morgan fingerprint density at radius 2 is 2.05 bits per heavy atom. The average molecular weight is 293 g/mol. The summed E-state index contributed by atoms with van der Waals surface area (Å²) in [5.41, 5.74) is 6.40. The highest BCUT2D eigenvalue weighted by Crippen LogP contribution is 2.41. The Morgan fingerprint density at radius 3 is 2.67 bits per heavy atom. The van der Waals surface area contributed by atoms with Crippen LogP contribution in [0.2, 0.25) is 0 Å². The van der Waals surface area contributed by atoms with Crippen LogP contribution in [0.4, 0.5) is 0 Å². The summed E-state index contributed by atoms with van der Waals surface area (Å²) in [4.78, 5) is 12.2. The van der Waals surface area contributed by atoms with E-state index in [1.165, 1.54) is 19.3 Å². The van der Waals surface area contributed by atoms with E-state index in [0.29, 0.717) is 6.04 Å². The van der Waals surface area contributed by atoms with Gasteiger partial charge in [-0.25, -0.2) is 0 Å². The van der Waals surface area contributed by atoms with Gasteiger partial charge < -0.3 is 15.5 Å². The van der Waals surface area contributed by atoms with Crippen molar-refractivity contribution in [2.45, 2.75) is 57.7 Å². The quantitative estimate of drug-likeness (QED) is 0.792. The number of aliphatic imine (C=N–C) groups is 1. The molecule has 5 heteroatoms. The lowest BCUT2D eigenvalue weighted by molar-refractivity contribution is 0.168. The predicted molar refractivity (Wildman–Crippen MR) is 87.5 cm³/mol. The smallest absolute Gasteiger partial charge is 0.191 e. The van der Waals surface area contributed by atoms with Crippen molar-refractivity contribution in [1.29, 1.82) is 0 Å². The van der Waals surface area contributed by atoms with Crippen LogP contribution >= 0.6 is 0 Å². The maximum Gasteiger partial charge on any atom is 0.191 e. The summed E-state index contributed by atoms with van der Waals surface area (Å²) >= 11 is 0. The fraction of sp³-hybridized carbons (Fsp3) is 0.938. The first-order valence-corrected chi connectivity index (χ1v) is 8.65. The molecule has 1 spiro atoms. The van der Waals surface area contributed by atoms with Crippen LogP contribution in [0.25, 0.3) is 0 Å². The molecule has 1 saturated heterocycles. The molecule has 0 amide bonds. The topological polar surface area (TPSA) is 48.1 Å². The number of hydrogen-bond donors (Lipinski definition) is 1. The standard InChI is InChI=1S/C16H31N5/c1-4-19(5-2)8-9-21-15(17)18-11-16(21)10-13(3)20(12-16)14-6-7-14/h13-14H,4-12H2,1-3H3,(H2,17,18). The van der Waals surface area contributed by atoms with Gasteiger partial charge in [-0.2, -0.15) is 0 Å². The van der Waals surface area contributed by atoms with Crippen molar-refractivity contribution in [1.82, 2.24) is 14.7 Å². The molecule has 2 aliphatic heterocycles. The number of nitrogens with zero attached hydrogens (tertiary/aromatic N) is 4. The molecule has 0 aromatic carbocycles. The van der Waals surface area contributed by atoms with Crippen molar-refractivity contribution in [2.24, 2.45) is 10.7 Å². The summed E-state index contributed by atoms with van der Waals surface area (Å²) in [7, 11) is 0. The molecule has 0 aromatic rings. The Kier molecular flexibility index (Phi) is 4.14. The van der Waals surface area contributed by atoms with E-state index in [-0.39, 0.29) is 5.54 Å². The Bertz CT molecular complexity index is 401. The van der Waals surface area contributed by atoms with Crippen LogP contribution < -0.4 is 5.73 Å². The van der Waals surface area contributed by atoms with E-state index in [4.69, 9.17) is 5.73 Å². The van der Waals surface area contributed by atoms with E-state index < -0.39 is 0 Å². The second-order valence-electron chi connectivity index (χ2n) is 7.03. The Balaban J connectivity index is 1.67. The molecular weight excluding hydrogens is 262 g/mol. The summed E-state index contributed by atoms with van der Waals surface area (Å²) in [6.07, 6.45) is 3.98. The molecule has 1 saturated carbocycles. The van der Waals surface area contributed by atoms with E-state index in [0.717, 1.165) is 51.3 Å². The third-order valence-electron chi connectivity index (χ3n) is 5.65. The molecule has 5 nitrogen and oxygen atoms in total. The zero-order valence-corrected chi connectivity index (χ0v) is 13.9. The van der Waals surface area contributed by atoms with Gasteiger partial charge in [0.1, 0.15) is 0 Å². The molecule has 2 atom stereocenters. The lowest BCUT2D eigenvalue weighted by Gasteiger charge is -2.37. The van der Waals surface area contributed by atoms with Crippen molar-refractivity contribution < 1.29 is 0 Å². The average Bonchev–Trinajstić information content (AvgIpc) is 3.20. The molecule has 3 rings (SSSR count). The van der Waals surface area contributed by atoms with Crippen LogP contribution in [0.15, 0.2) is 4.99 Å². The highest BCUT2D eigenvalue weighted by atomic mass is 15.4. The number of likely N-dealkylation sites (tertiary alicyclic amines) is 1. The van der Waals surface area contributed by atoms with Crippen LogP contribution in [0.3, 0.4) is 0 Å². The van der Waals surface area contributed by atoms with Crippen molar-refractivity contribution in [3.63, 3.8) is 0 Å². The molecule has 2 heterocycles. The number of likely N-dealkylation sites (N-methyl/N-ethyl adjacent to an activating group) is 1. The van der Waals surface area contributed by atoms with Gasteiger partial charge >= 0.3 is 0 Å². The Hall–Kier alpha value is -0.810. The van der Waals surface area contributed by atoms with Gasteiger partial charge in [0.05, 0.1) is 12.1 Å². The zero-order valence-electron chi connectivity index (χ0n) is 13.9. The van der Waals surface area contributed by atoms with E-state index in [9.17, 15) is 0 Å². The summed E-state index contributed by atoms with van der Waals surface area (Å²) in [6.45, 7) is 13.2. The molecule has 3 aliphatic rings. The Labute approximate surface area is 129 Å². The minimum Gasteiger partial charge on any atom is -0.370 e. The van der Waals surface area contributed by atoms with Crippen molar-refractivity contribution in [2.75, 3.05) is 39.3 Å². The van der Waals surface area contributed by atoms with Gasteiger partial charge in [0.2, 0.25) is 0 Å². The summed E-state index contributed by atoms with van der Waals surface area (Å²) in [6, 6.07) is 1.51. The van der Waals surface area contributed by atoms with Crippen LogP contribution in [0, 0.1) is 0 Å². The molecule has 21 heavy (non-hydrogen) atoms. The minimum absolute atomic E-state index is 0.180. The van der Waals surface area contributed by atoms with E-state index in [2.05, 4.69) is 40.5 Å². The number of hydrogen-bond acceptors (Lipinski definition) is 5. The van der Waals surface area contributed by atoms with Crippen LogP contribution in [-0.4, -0.2) is 77.6 Å². The number of rotatable bonds is 6. The second-order valence-corrected chi connectivity index (χ2v) is 7.03. The van der Waals surface area contributed by atoms with E-state index >= 15 is 0 Å². The van der Waals surface area contributed by atoms with E-state index in [1.54, 1.807) is 0 Å². The fourth-order valence-corrected chi connectivity index (χ4v) is 4.21. The molecule has 2 unspecified atom stereocenters. The van der Waals surface area contributed by atoms with Crippen molar-refractivity contribution >= 4 is 5.96 Å². The molecule has 2 fully saturated rings. The van der Waals surface area contributed by atoms with Gasteiger partial charge in [0, 0.05) is 31.7 Å². The molecule has 0 radical (unpaired) electrons. The number of nitrogens with two attached hydrogens (primary N) is 1. The first kappa shape index (κ1) is 15.1. The normalized spacial score (nSPS) is 33.4. The maximum atomic E-state index is 6.22. The maximum absolute atomic E-state index is 6.22. The Morgan fingerprint density at radius 1 is 1.33 bits per heavy atom. The van der Waals surface area contributed by atoms with Crippen molar-refractivity contribution in [3.05, 3.63) is 0 Å². The van der Waals surface area contributed by atoms with Crippen LogP contribution in [0.1, 0.15) is 40.0 Å². The minimum atomic E-state index is 0.180. The third kappa shape index (κ3) is 2.78. The highest BCUT2D eigenvalue weighted by Gasteiger charge is 2.52. The predicted octanol–water partition coefficient (Wildman–Crippen LogP) is 0.954. The van der Waals surface area contributed by atoms with Gasteiger partial charge in [-0.15, -0.1) is 0 Å². The molecule has 1 aliphatic carbocycles. The first-order chi connectivity index (χ1) is 10.1. The van der Waals surface area contributed by atoms with E-state index in [1.807, 2.05) is 0 Å². The van der Waals surface area contributed by atoms with Crippen LogP contribution in [-0.2, 0) is 0 Å². The van der Waals surface area contributed by atoms with Gasteiger partial charge in [0.15, 0.2) is 5.96 Å². The molecule has 2 N–H and O–H groups in total. The van der Waals surface area contributed by atoms with Gasteiger partial charge in [-0.05, 0) is 39.3 Å². The molecule has 120 valence electrons. The molecule has 0 aromatic heterocycles. The summed E-state index contributed by atoms with van der Waals surface area (Å²) < 4.78 is 0. The molecule has 0 bridgehead atoms. The lowest BCUT2D eigenvalue weighted by Crippen LogP contribution is -2.55. The van der Waals surface area contributed by atoms with Gasteiger partial charge in [-0.3, -0.25) is 9.89 Å². The first-order valence-electron chi connectivity index (χ1n) is 8.65. The highest BCUT2D eigenvalue weighted by molar-refractivity contribution is 5.81. The zero-order chi connectivity index (χ0) is 15.0. The van der Waals surface area contributed by atoms with Crippen LogP contribution in [0.5, 0.6) is 0 Å². The molecular formula is C16H31N5. The van der Waals surface area contributed by atoms with Gasteiger partial charge in [0.25, 0.3) is 0 Å². The fourth-order valence-electron chi connectivity index (χ4n) is 4.21. The number of guanidine groups is 1. The summed E-state index contributed by atoms with van der Waals surface area (Å²) in [5.74, 6) is 0.770. The second kappa shape index (κ2) is 5.76. The largest absolute Gasteiger partial charge is 0.370 e. The lowest BCUT2D eigenvalue weighted by atomic mass is 9.95. The SMILES string of the molecule is CCN(CC)CCN1C(N)=NCC12CC(C)N(C1CC1)C2. The third-order valence-corrected chi connectivity index (χ3v) is 5.65. The summed E-state index contributed by atoms with van der Waals surface area (Å²) in [5, 5.41) is 0.